The topological polar surface area (TPSA) is 93.3 Å². The van der Waals surface area contributed by atoms with Crippen LogP contribution in [0.1, 0.15) is 0 Å². The van der Waals surface area contributed by atoms with E-state index in [0.717, 1.165) is 16.3 Å². The number of hydrogen-bond acceptors (Lipinski definition) is 5. The fourth-order valence-electron chi connectivity index (χ4n) is 1.23. The van der Waals surface area contributed by atoms with Crippen LogP contribution in [0.15, 0.2) is 22.1 Å². The maximum Gasteiger partial charge on any atom is 0.367 e. The average Bonchev–Trinajstić information content (AvgIpc) is 2.64. The summed E-state index contributed by atoms with van der Waals surface area (Å²) >= 11 is 1.08. The molecule has 0 saturated carbocycles. The second-order valence-corrected chi connectivity index (χ2v) is 3.48. The summed E-state index contributed by atoms with van der Waals surface area (Å²) in [5, 5.41) is 13.4. The Kier molecular flexibility index (Phi) is 2.19. The highest BCUT2D eigenvalue weighted by Crippen LogP contribution is 2.21. The molecule has 0 bridgehead atoms. The largest absolute Gasteiger partial charge is 0.367 e. The van der Waals surface area contributed by atoms with Crippen molar-refractivity contribution in [2.45, 2.75) is 5.03 Å². The fourth-order valence-corrected chi connectivity index (χ4v) is 1.77. The van der Waals surface area contributed by atoms with E-state index < -0.39 is 16.2 Å². The summed E-state index contributed by atoms with van der Waals surface area (Å²) in [6.07, 6.45) is 3.13. The second-order valence-electron chi connectivity index (χ2n) is 2.69. The molecule has 0 aliphatic rings. The van der Waals surface area contributed by atoms with Crippen LogP contribution < -0.4 is 5.56 Å². The minimum atomic E-state index is -0.714. The van der Waals surface area contributed by atoms with Crippen LogP contribution in [0.5, 0.6) is 0 Å². The van der Waals surface area contributed by atoms with Gasteiger partial charge in [-0.3, -0.25) is 20.0 Å². The number of fused-ring (bicyclic) bond motifs is 1. The van der Waals surface area contributed by atoms with E-state index in [1.165, 1.54) is 6.20 Å². The van der Waals surface area contributed by atoms with Crippen molar-refractivity contribution >= 4 is 23.1 Å². The Balaban J connectivity index is 2.92. The smallest absolute Gasteiger partial charge is 0.297 e. The van der Waals surface area contributed by atoms with Crippen LogP contribution in [0.3, 0.4) is 0 Å². The molecule has 2 aromatic heterocycles. The summed E-state index contributed by atoms with van der Waals surface area (Å²) in [6, 6.07) is 1.57. The first kappa shape index (κ1) is 9.71. The number of rotatable bonds is 2. The summed E-state index contributed by atoms with van der Waals surface area (Å²) < 4.78 is 1.04. The summed E-state index contributed by atoms with van der Waals surface area (Å²) in [7, 11) is 0. The molecule has 2 heterocycles. The predicted octanol–water partition coefficient (Wildman–Crippen LogP) is 0.653. The number of H-pyrrole nitrogens is 1. The lowest BCUT2D eigenvalue weighted by Crippen LogP contribution is -2.19. The highest BCUT2D eigenvalue weighted by Gasteiger charge is 2.22. The molecule has 0 atom stereocenters. The van der Waals surface area contributed by atoms with Crippen molar-refractivity contribution in [3.05, 3.63) is 32.7 Å². The van der Waals surface area contributed by atoms with Gasteiger partial charge < -0.3 is 0 Å². The van der Waals surface area contributed by atoms with Crippen LogP contribution in [0.4, 0.5) is 5.69 Å². The van der Waals surface area contributed by atoms with Gasteiger partial charge in [0.15, 0.2) is 10.7 Å². The van der Waals surface area contributed by atoms with Crippen molar-refractivity contribution in [2.75, 3.05) is 6.26 Å². The summed E-state index contributed by atoms with van der Waals surface area (Å²) in [5.74, 6) is 0. The van der Waals surface area contributed by atoms with E-state index in [4.69, 9.17) is 0 Å². The molecule has 78 valence electrons. The summed E-state index contributed by atoms with van der Waals surface area (Å²) in [6.45, 7) is 0. The first-order chi connectivity index (χ1) is 7.15. The lowest BCUT2D eigenvalue weighted by atomic mass is 10.5. The molecule has 0 spiro atoms. The zero-order valence-electron chi connectivity index (χ0n) is 7.63. The molecular weight excluding hydrogens is 220 g/mol. The maximum atomic E-state index is 11.6. The minimum absolute atomic E-state index is 0.129. The number of hydrogen-bond donors (Lipinski definition) is 1. The van der Waals surface area contributed by atoms with E-state index in [1.54, 1.807) is 12.3 Å². The molecule has 0 aliphatic carbocycles. The molecule has 0 amide bonds. The SMILES string of the molecule is CSc1nc2cc[nH]n2c(=O)c1[N+](=O)[O-]. The van der Waals surface area contributed by atoms with Crippen molar-refractivity contribution in [1.29, 1.82) is 0 Å². The van der Waals surface area contributed by atoms with Gasteiger partial charge in [0.2, 0.25) is 0 Å². The van der Waals surface area contributed by atoms with Crippen molar-refractivity contribution in [3.63, 3.8) is 0 Å². The van der Waals surface area contributed by atoms with Crippen LogP contribution in [-0.2, 0) is 0 Å². The van der Waals surface area contributed by atoms with Crippen LogP contribution >= 0.6 is 11.8 Å². The average molecular weight is 226 g/mol. The van der Waals surface area contributed by atoms with Gasteiger partial charge in [0.05, 0.1) is 4.92 Å². The van der Waals surface area contributed by atoms with Crippen LogP contribution in [0, 0.1) is 10.1 Å². The Hall–Kier alpha value is -1.83. The molecule has 15 heavy (non-hydrogen) atoms. The Labute approximate surface area is 87.3 Å². The number of nitrogens with one attached hydrogen (secondary N) is 1. The molecule has 1 N–H and O–H groups in total. The van der Waals surface area contributed by atoms with E-state index in [1.807, 2.05) is 0 Å². The van der Waals surface area contributed by atoms with Crippen LogP contribution in [-0.4, -0.2) is 25.8 Å². The van der Waals surface area contributed by atoms with E-state index in [-0.39, 0.29) is 5.03 Å². The lowest BCUT2D eigenvalue weighted by molar-refractivity contribution is -0.389. The Morgan fingerprint density at radius 3 is 3.00 bits per heavy atom. The van der Waals surface area contributed by atoms with Crippen LogP contribution in [0.25, 0.3) is 5.65 Å². The van der Waals surface area contributed by atoms with Crippen molar-refractivity contribution < 1.29 is 4.92 Å². The molecule has 2 aromatic rings. The van der Waals surface area contributed by atoms with E-state index in [0.29, 0.717) is 5.65 Å². The zero-order valence-corrected chi connectivity index (χ0v) is 8.45. The minimum Gasteiger partial charge on any atom is -0.297 e. The first-order valence-electron chi connectivity index (χ1n) is 3.93. The quantitative estimate of drug-likeness (QED) is 0.351. The molecular formula is C7H6N4O3S. The predicted molar refractivity (Wildman–Crippen MR) is 54.2 cm³/mol. The van der Waals surface area contributed by atoms with Gasteiger partial charge in [-0.05, 0) is 6.26 Å². The Morgan fingerprint density at radius 1 is 1.67 bits per heavy atom. The first-order valence-corrected chi connectivity index (χ1v) is 5.16. The van der Waals surface area contributed by atoms with E-state index in [2.05, 4.69) is 10.1 Å². The standard InChI is InChI=1S/C7H6N4O3S/c1-15-6-5(11(13)14)7(12)10-4(9-6)2-3-8-10/h2-3,8H,1H3. The third-order valence-electron chi connectivity index (χ3n) is 1.87. The van der Waals surface area contributed by atoms with Gasteiger partial charge in [0.1, 0.15) is 0 Å². The van der Waals surface area contributed by atoms with Gasteiger partial charge in [0, 0.05) is 12.3 Å². The van der Waals surface area contributed by atoms with Gasteiger partial charge in [0.25, 0.3) is 0 Å². The molecule has 8 heteroatoms. The Bertz CT molecular complexity index is 587. The van der Waals surface area contributed by atoms with E-state index >= 15 is 0 Å². The van der Waals surface area contributed by atoms with Gasteiger partial charge in [-0.2, -0.15) is 4.52 Å². The molecule has 0 radical (unpaired) electrons. The highest BCUT2D eigenvalue weighted by atomic mass is 32.2. The summed E-state index contributed by atoms with van der Waals surface area (Å²) in [4.78, 5) is 25.6. The third kappa shape index (κ3) is 1.38. The summed E-state index contributed by atoms with van der Waals surface area (Å²) in [5.41, 5.74) is -0.822. The van der Waals surface area contributed by atoms with Gasteiger partial charge in [-0.25, -0.2) is 4.98 Å². The molecule has 0 saturated heterocycles. The van der Waals surface area contributed by atoms with Crippen molar-refractivity contribution in [1.82, 2.24) is 14.6 Å². The van der Waals surface area contributed by atoms with Gasteiger partial charge in [-0.15, -0.1) is 11.8 Å². The lowest BCUT2D eigenvalue weighted by Gasteiger charge is -1.98. The van der Waals surface area contributed by atoms with E-state index in [9.17, 15) is 14.9 Å². The molecule has 0 fully saturated rings. The van der Waals surface area contributed by atoms with Gasteiger partial charge >= 0.3 is 11.2 Å². The zero-order chi connectivity index (χ0) is 11.0. The monoisotopic (exact) mass is 226 g/mol. The number of nitrogens with zero attached hydrogens (tertiary/aromatic N) is 3. The maximum absolute atomic E-state index is 11.6. The molecule has 0 aliphatic heterocycles. The molecule has 0 unspecified atom stereocenters. The molecule has 2 rings (SSSR count). The van der Waals surface area contributed by atoms with Crippen molar-refractivity contribution in [2.24, 2.45) is 0 Å². The number of aromatic nitrogens is 3. The fraction of sp³-hybridized carbons (Fsp3) is 0.143. The second kappa shape index (κ2) is 3.39. The Morgan fingerprint density at radius 2 is 2.40 bits per heavy atom. The van der Waals surface area contributed by atoms with Crippen molar-refractivity contribution in [3.8, 4) is 0 Å². The normalized spacial score (nSPS) is 10.7. The number of thioether (sulfide) groups is 1. The molecule has 0 aromatic carbocycles. The third-order valence-corrected chi connectivity index (χ3v) is 2.54. The highest BCUT2D eigenvalue weighted by molar-refractivity contribution is 7.98. The van der Waals surface area contributed by atoms with Gasteiger partial charge in [-0.1, -0.05) is 0 Å². The number of nitro groups is 1. The molecule has 7 nitrogen and oxygen atoms in total. The van der Waals surface area contributed by atoms with Crippen LogP contribution in [0.2, 0.25) is 0 Å². The number of aromatic amines is 1.